The van der Waals surface area contributed by atoms with Crippen LogP contribution in [0.3, 0.4) is 0 Å². The minimum atomic E-state index is 0.443. The molecule has 0 radical (unpaired) electrons. The second kappa shape index (κ2) is 8.21. The number of rotatable bonds is 8. The van der Waals surface area contributed by atoms with E-state index < -0.39 is 0 Å². The molecule has 0 amide bonds. The minimum absolute atomic E-state index is 0.443. The highest BCUT2D eigenvalue weighted by Gasteiger charge is 2.18. The lowest BCUT2D eigenvalue weighted by molar-refractivity contribution is 0.160. The molecule has 1 heterocycles. The lowest BCUT2D eigenvalue weighted by Gasteiger charge is -2.26. The summed E-state index contributed by atoms with van der Waals surface area (Å²) in [6.45, 7) is 0.843. The lowest BCUT2D eigenvalue weighted by atomic mass is 9.98. The Kier molecular flexibility index (Phi) is 6.22. The van der Waals surface area contributed by atoms with Gasteiger partial charge in [0.2, 0.25) is 0 Å². The Morgan fingerprint density at radius 3 is 2.58 bits per heavy atom. The Hall–Kier alpha value is -1.02. The quantitative estimate of drug-likeness (QED) is 0.716. The van der Waals surface area contributed by atoms with Crippen molar-refractivity contribution in [3.63, 3.8) is 0 Å². The van der Waals surface area contributed by atoms with E-state index in [4.69, 9.17) is 10.5 Å². The van der Waals surface area contributed by atoms with Crippen LogP contribution in [0, 0.1) is 0 Å². The molecule has 1 aromatic rings. The molecular formula is C17H27NO. The van der Waals surface area contributed by atoms with Crippen LogP contribution in [0.4, 0.5) is 0 Å². The first kappa shape index (κ1) is 14.4. The number of fused-ring (bicyclic) bond motifs is 1. The van der Waals surface area contributed by atoms with Crippen LogP contribution in [0.15, 0.2) is 24.3 Å². The van der Waals surface area contributed by atoms with Gasteiger partial charge in [-0.2, -0.15) is 0 Å². The molecule has 2 N–H and O–H groups in total. The summed E-state index contributed by atoms with van der Waals surface area (Å²) in [5, 5.41) is 0. The number of hydrogen-bond donors (Lipinski definition) is 1. The summed E-state index contributed by atoms with van der Waals surface area (Å²) in [6.07, 6.45) is 11.8. The zero-order valence-electron chi connectivity index (χ0n) is 11.9. The fourth-order valence-electron chi connectivity index (χ4n) is 2.81. The first-order chi connectivity index (χ1) is 9.40. The Morgan fingerprint density at radius 1 is 1.00 bits per heavy atom. The van der Waals surface area contributed by atoms with E-state index in [9.17, 15) is 0 Å². The molecule has 2 rings (SSSR count). The molecule has 0 saturated heterocycles. The summed E-state index contributed by atoms with van der Waals surface area (Å²) in [6, 6.07) is 8.46. The third kappa shape index (κ3) is 4.87. The van der Waals surface area contributed by atoms with E-state index in [1.54, 1.807) is 0 Å². The number of nitrogens with two attached hydrogens (primary N) is 1. The molecule has 1 aliphatic rings. The van der Waals surface area contributed by atoms with Gasteiger partial charge in [-0.05, 0) is 50.3 Å². The van der Waals surface area contributed by atoms with Crippen LogP contribution in [0.1, 0.15) is 56.9 Å². The van der Waals surface area contributed by atoms with Crippen LogP contribution in [0.25, 0.3) is 0 Å². The van der Waals surface area contributed by atoms with Crippen LogP contribution < -0.4 is 10.5 Å². The second-order valence-electron chi connectivity index (χ2n) is 5.58. The fourth-order valence-corrected chi connectivity index (χ4v) is 2.81. The van der Waals surface area contributed by atoms with E-state index in [0.29, 0.717) is 6.10 Å². The third-order valence-electron chi connectivity index (χ3n) is 3.98. The molecular weight excluding hydrogens is 234 g/mol. The first-order valence-electron chi connectivity index (χ1n) is 7.85. The van der Waals surface area contributed by atoms with Gasteiger partial charge in [-0.1, -0.05) is 43.9 Å². The van der Waals surface area contributed by atoms with E-state index in [1.807, 2.05) is 0 Å². The SMILES string of the molecule is NCCCCCCCCC1CCc2ccccc2O1. The molecule has 19 heavy (non-hydrogen) atoms. The average molecular weight is 261 g/mol. The number of para-hydroxylation sites is 1. The van der Waals surface area contributed by atoms with Gasteiger partial charge in [-0.25, -0.2) is 0 Å². The lowest BCUT2D eigenvalue weighted by Crippen LogP contribution is -2.22. The fraction of sp³-hybridized carbons (Fsp3) is 0.647. The molecule has 1 aromatic carbocycles. The van der Waals surface area contributed by atoms with E-state index in [-0.39, 0.29) is 0 Å². The van der Waals surface area contributed by atoms with Gasteiger partial charge in [-0.3, -0.25) is 0 Å². The van der Waals surface area contributed by atoms with E-state index in [2.05, 4.69) is 24.3 Å². The van der Waals surface area contributed by atoms with E-state index in [0.717, 1.165) is 12.3 Å². The zero-order chi connectivity index (χ0) is 13.3. The average Bonchev–Trinajstić information content (AvgIpc) is 2.46. The van der Waals surface area contributed by atoms with Gasteiger partial charge in [0, 0.05) is 0 Å². The van der Waals surface area contributed by atoms with Crippen molar-refractivity contribution in [2.45, 2.75) is 63.9 Å². The molecule has 1 unspecified atom stereocenters. The van der Waals surface area contributed by atoms with Crippen molar-refractivity contribution in [3.05, 3.63) is 29.8 Å². The highest BCUT2D eigenvalue weighted by molar-refractivity contribution is 5.35. The van der Waals surface area contributed by atoms with Crippen molar-refractivity contribution in [1.29, 1.82) is 0 Å². The molecule has 0 saturated carbocycles. The number of ether oxygens (including phenoxy) is 1. The van der Waals surface area contributed by atoms with Crippen LogP contribution in [0.5, 0.6) is 5.75 Å². The zero-order valence-corrected chi connectivity index (χ0v) is 11.9. The van der Waals surface area contributed by atoms with Gasteiger partial charge < -0.3 is 10.5 Å². The maximum absolute atomic E-state index is 6.06. The molecule has 0 aromatic heterocycles. The Bertz CT molecular complexity index is 364. The molecule has 0 spiro atoms. The summed E-state index contributed by atoms with van der Waals surface area (Å²) < 4.78 is 6.06. The highest BCUT2D eigenvalue weighted by atomic mass is 16.5. The predicted molar refractivity (Wildman–Crippen MR) is 80.6 cm³/mol. The normalized spacial score (nSPS) is 17.8. The Balaban J connectivity index is 1.58. The van der Waals surface area contributed by atoms with Crippen LogP contribution in [0.2, 0.25) is 0 Å². The summed E-state index contributed by atoms with van der Waals surface area (Å²) in [7, 11) is 0. The molecule has 0 bridgehead atoms. The van der Waals surface area contributed by atoms with Gasteiger partial charge in [-0.15, -0.1) is 0 Å². The Labute approximate surface area is 117 Å². The molecule has 1 atom stereocenters. The smallest absolute Gasteiger partial charge is 0.122 e. The Morgan fingerprint density at radius 2 is 1.74 bits per heavy atom. The maximum Gasteiger partial charge on any atom is 0.122 e. The molecule has 1 aliphatic heterocycles. The van der Waals surface area contributed by atoms with E-state index in [1.165, 1.54) is 63.4 Å². The summed E-state index contributed by atoms with van der Waals surface area (Å²) >= 11 is 0. The van der Waals surface area contributed by atoms with Gasteiger partial charge in [0.05, 0.1) is 6.10 Å². The molecule has 0 fully saturated rings. The van der Waals surface area contributed by atoms with Gasteiger partial charge in [0.25, 0.3) is 0 Å². The number of unbranched alkanes of at least 4 members (excludes halogenated alkanes) is 5. The monoisotopic (exact) mass is 261 g/mol. The summed E-state index contributed by atoms with van der Waals surface area (Å²) in [5.41, 5.74) is 6.86. The maximum atomic E-state index is 6.06. The molecule has 106 valence electrons. The number of hydrogen-bond acceptors (Lipinski definition) is 2. The molecule has 0 aliphatic carbocycles. The summed E-state index contributed by atoms with van der Waals surface area (Å²) in [4.78, 5) is 0. The molecule has 2 heteroatoms. The predicted octanol–water partition coefficient (Wildman–Crippen LogP) is 4.07. The largest absolute Gasteiger partial charge is 0.490 e. The van der Waals surface area contributed by atoms with E-state index >= 15 is 0 Å². The number of benzene rings is 1. The van der Waals surface area contributed by atoms with Crippen molar-refractivity contribution < 1.29 is 4.74 Å². The summed E-state index contributed by atoms with van der Waals surface area (Å²) in [5.74, 6) is 1.11. The van der Waals surface area contributed by atoms with Crippen LogP contribution in [-0.2, 0) is 6.42 Å². The van der Waals surface area contributed by atoms with Crippen LogP contribution >= 0.6 is 0 Å². The van der Waals surface area contributed by atoms with Crippen LogP contribution in [-0.4, -0.2) is 12.6 Å². The second-order valence-corrected chi connectivity index (χ2v) is 5.58. The number of aryl methyl sites for hydroxylation is 1. The van der Waals surface area contributed by atoms with Crippen molar-refractivity contribution in [1.82, 2.24) is 0 Å². The van der Waals surface area contributed by atoms with Crippen molar-refractivity contribution in [2.24, 2.45) is 5.73 Å². The van der Waals surface area contributed by atoms with Gasteiger partial charge >= 0.3 is 0 Å². The van der Waals surface area contributed by atoms with Crippen molar-refractivity contribution in [2.75, 3.05) is 6.54 Å². The van der Waals surface area contributed by atoms with Crippen molar-refractivity contribution in [3.8, 4) is 5.75 Å². The van der Waals surface area contributed by atoms with Gasteiger partial charge in [0.15, 0.2) is 0 Å². The van der Waals surface area contributed by atoms with Gasteiger partial charge in [0.1, 0.15) is 5.75 Å². The minimum Gasteiger partial charge on any atom is -0.490 e. The molecule has 2 nitrogen and oxygen atoms in total. The third-order valence-corrected chi connectivity index (χ3v) is 3.98. The topological polar surface area (TPSA) is 35.2 Å². The first-order valence-corrected chi connectivity index (χ1v) is 7.85. The highest BCUT2D eigenvalue weighted by Crippen LogP contribution is 2.28. The standard InChI is InChI=1S/C17H27NO/c18-14-8-4-2-1-3-5-10-16-13-12-15-9-6-7-11-17(15)19-16/h6-7,9,11,16H,1-5,8,10,12-14,18H2. The van der Waals surface area contributed by atoms with Crippen molar-refractivity contribution >= 4 is 0 Å².